The maximum Gasteiger partial charge on any atom is 0.338 e. The van der Waals surface area contributed by atoms with E-state index in [0.717, 1.165) is 11.3 Å². The zero-order chi connectivity index (χ0) is 25.1. The number of carbonyl (C=O) groups excluding carboxylic acids is 1. The highest BCUT2D eigenvalue weighted by molar-refractivity contribution is 6.32. The third-order valence-corrected chi connectivity index (χ3v) is 5.96. The second-order valence-electron chi connectivity index (χ2n) is 8.13. The third-order valence-electron chi connectivity index (χ3n) is 5.65. The Morgan fingerprint density at radius 2 is 2.00 bits per heavy atom. The number of carbonyl (C=O) groups is 1. The predicted octanol–water partition coefficient (Wildman–Crippen LogP) is 6.37. The molecular weight excluding hydrogens is 475 g/mol. The van der Waals surface area contributed by atoms with Gasteiger partial charge >= 0.3 is 5.97 Å². The van der Waals surface area contributed by atoms with Gasteiger partial charge in [-0.1, -0.05) is 29.8 Å². The SMILES string of the molecule is C/C(=C\c1ccc2c(c1)NCC(C(C)OC(=O)c1ccc([N+](=O)[O-])cc1)O2)c1c(F)cccc1Cl. The average Bonchev–Trinajstić information content (AvgIpc) is 2.83. The molecule has 1 N–H and O–H groups in total. The second-order valence-corrected chi connectivity index (χ2v) is 8.54. The van der Waals surface area contributed by atoms with Crippen LogP contribution < -0.4 is 10.1 Å². The van der Waals surface area contributed by atoms with Crippen molar-refractivity contribution in [1.82, 2.24) is 0 Å². The van der Waals surface area contributed by atoms with Crippen LogP contribution in [0.3, 0.4) is 0 Å². The molecule has 0 amide bonds. The number of nitrogens with one attached hydrogen (secondary N) is 1. The minimum atomic E-state index is -0.593. The fraction of sp³-hybridized carbons (Fsp3) is 0.192. The van der Waals surface area contributed by atoms with Crippen molar-refractivity contribution in [3.63, 3.8) is 0 Å². The molecule has 2 unspecified atom stereocenters. The fourth-order valence-electron chi connectivity index (χ4n) is 3.78. The number of benzene rings is 3. The summed E-state index contributed by atoms with van der Waals surface area (Å²) in [5, 5.41) is 14.4. The number of allylic oxidation sites excluding steroid dienone is 1. The van der Waals surface area contributed by atoms with Crippen molar-refractivity contribution in [3.8, 4) is 5.75 Å². The topological polar surface area (TPSA) is 90.7 Å². The van der Waals surface area contributed by atoms with Gasteiger partial charge in [0.1, 0.15) is 17.7 Å². The van der Waals surface area contributed by atoms with Gasteiger partial charge in [0.05, 0.1) is 27.7 Å². The van der Waals surface area contributed by atoms with E-state index >= 15 is 0 Å². The van der Waals surface area contributed by atoms with Crippen LogP contribution in [-0.2, 0) is 4.74 Å². The zero-order valence-electron chi connectivity index (χ0n) is 19.0. The van der Waals surface area contributed by atoms with E-state index in [0.29, 0.717) is 28.5 Å². The fourth-order valence-corrected chi connectivity index (χ4v) is 4.10. The van der Waals surface area contributed by atoms with E-state index in [1.807, 2.05) is 18.2 Å². The molecule has 0 saturated heterocycles. The summed E-state index contributed by atoms with van der Waals surface area (Å²) in [5.41, 5.74) is 2.76. The van der Waals surface area contributed by atoms with E-state index in [1.165, 1.54) is 30.3 Å². The van der Waals surface area contributed by atoms with Crippen LogP contribution in [0.2, 0.25) is 5.02 Å². The lowest BCUT2D eigenvalue weighted by Crippen LogP contribution is -2.41. The van der Waals surface area contributed by atoms with Gasteiger partial charge in [-0.2, -0.15) is 0 Å². The number of rotatable bonds is 6. The molecule has 1 aliphatic rings. The van der Waals surface area contributed by atoms with Crippen LogP contribution in [0.15, 0.2) is 60.7 Å². The molecule has 0 spiro atoms. The van der Waals surface area contributed by atoms with Crippen LogP contribution in [0.25, 0.3) is 11.6 Å². The molecule has 35 heavy (non-hydrogen) atoms. The standard InChI is InChI=1S/C26H22ClFN2O5/c1-15(25-20(27)4-3-5-21(25)28)12-17-6-11-23-22(13-17)29-14-24(35-23)16(2)34-26(31)18-7-9-19(10-8-18)30(32)33/h3-13,16,24,29H,14H2,1-2H3/b15-12+. The molecule has 0 fully saturated rings. The molecule has 3 aromatic rings. The summed E-state index contributed by atoms with van der Waals surface area (Å²) in [6.07, 6.45) is 0.820. The van der Waals surface area contributed by atoms with Crippen molar-refractivity contribution < 1.29 is 23.6 Å². The summed E-state index contributed by atoms with van der Waals surface area (Å²) in [6, 6.07) is 15.3. The van der Waals surface area contributed by atoms with Crippen molar-refractivity contribution >= 4 is 40.6 Å². The first kappa shape index (κ1) is 24.2. The number of nitro groups is 1. The van der Waals surface area contributed by atoms with Crippen LogP contribution >= 0.6 is 11.6 Å². The lowest BCUT2D eigenvalue weighted by Gasteiger charge is -2.31. The smallest absolute Gasteiger partial charge is 0.338 e. The van der Waals surface area contributed by atoms with Crippen molar-refractivity contribution in [1.29, 1.82) is 0 Å². The first-order valence-corrected chi connectivity index (χ1v) is 11.2. The Kier molecular flexibility index (Phi) is 7.02. The lowest BCUT2D eigenvalue weighted by molar-refractivity contribution is -0.384. The monoisotopic (exact) mass is 496 g/mol. The number of anilines is 1. The molecule has 0 radical (unpaired) electrons. The molecule has 180 valence electrons. The van der Waals surface area contributed by atoms with E-state index in [4.69, 9.17) is 21.1 Å². The van der Waals surface area contributed by atoms with Crippen LogP contribution in [0.4, 0.5) is 15.8 Å². The molecule has 0 saturated carbocycles. The number of ether oxygens (including phenoxy) is 2. The summed E-state index contributed by atoms with van der Waals surface area (Å²) in [5.74, 6) is -0.381. The number of non-ortho nitro benzene ring substituents is 1. The zero-order valence-corrected chi connectivity index (χ0v) is 19.7. The predicted molar refractivity (Wildman–Crippen MR) is 132 cm³/mol. The van der Waals surface area contributed by atoms with Crippen molar-refractivity contribution in [2.45, 2.75) is 26.1 Å². The van der Waals surface area contributed by atoms with E-state index in [-0.39, 0.29) is 17.1 Å². The summed E-state index contributed by atoms with van der Waals surface area (Å²) >= 11 is 6.17. The minimum absolute atomic E-state index is 0.104. The Bertz CT molecular complexity index is 1290. The molecule has 0 bridgehead atoms. The quantitative estimate of drug-likeness (QED) is 0.185. The molecule has 0 aromatic heterocycles. The van der Waals surface area contributed by atoms with Gasteiger partial charge in [0, 0.05) is 17.7 Å². The first-order chi connectivity index (χ1) is 16.7. The van der Waals surface area contributed by atoms with Gasteiger partial charge in [0.15, 0.2) is 6.10 Å². The Morgan fingerprint density at radius 1 is 1.26 bits per heavy atom. The van der Waals surface area contributed by atoms with Gasteiger partial charge in [-0.05, 0) is 61.4 Å². The van der Waals surface area contributed by atoms with Crippen LogP contribution in [0.1, 0.15) is 35.3 Å². The number of nitro benzene ring substituents is 1. The molecule has 4 rings (SSSR count). The second kappa shape index (κ2) is 10.1. The van der Waals surface area contributed by atoms with E-state index < -0.39 is 23.1 Å². The minimum Gasteiger partial charge on any atom is -0.483 e. The normalized spacial score (nSPS) is 15.9. The number of hydrogen-bond donors (Lipinski definition) is 1. The van der Waals surface area contributed by atoms with Crippen molar-refractivity contribution in [2.75, 3.05) is 11.9 Å². The molecule has 2 atom stereocenters. The Hall–Kier alpha value is -3.91. The molecule has 0 aliphatic carbocycles. The largest absolute Gasteiger partial charge is 0.483 e. The average molecular weight is 497 g/mol. The van der Waals surface area contributed by atoms with Gasteiger partial charge in [-0.25, -0.2) is 9.18 Å². The summed E-state index contributed by atoms with van der Waals surface area (Å²) in [6.45, 7) is 3.91. The number of hydrogen-bond acceptors (Lipinski definition) is 6. The highest BCUT2D eigenvalue weighted by atomic mass is 35.5. The Balaban J connectivity index is 1.43. The molecular formula is C26H22ClFN2O5. The van der Waals surface area contributed by atoms with Crippen LogP contribution in [0.5, 0.6) is 5.75 Å². The van der Waals surface area contributed by atoms with Crippen LogP contribution in [0, 0.1) is 15.9 Å². The van der Waals surface area contributed by atoms with Crippen molar-refractivity contribution in [3.05, 3.63) is 98.3 Å². The van der Waals surface area contributed by atoms with Gasteiger partial charge < -0.3 is 14.8 Å². The highest BCUT2D eigenvalue weighted by Gasteiger charge is 2.28. The summed E-state index contributed by atoms with van der Waals surface area (Å²) in [7, 11) is 0. The number of nitrogens with zero attached hydrogens (tertiary/aromatic N) is 1. The molecule has 9 heteroatoms. The summed E-state index contributed by atoms with van der Waals surface area (Å²) in [4.78, 5) is 22.7. The number of esters is 1. The maximum absolute atomic E-state index is 14.2. The molecule has 7 nitrogen and oxygen atoms in total. The maximum atomic E-state index is 14.2. The van der Waals surface area contributed by atoms with Gasteiger partial charge in [0.25, 0.3) is 5.69 Å². The lowest BCUT2D eigenvalue weighted by atomic mass is 10.0. The Labute approximate surface area is 206 Å². The Morgan fingerprint density at radius 3 is 2.69 bits per heavy atom. The van der Waals surface area contributed by atoms with Gasteiger partial charge in [-0.15, -0.1) is 0 Å². The van der Waals surface area contributed by atoms with E-state index in [9.17, 15) is 19.3 Å². The van der Waals surface area contributed by atoms with Gasteiger partial charge in [0.2, 0.25) is 0 Å². The van der Waals surface area contributed by atoms with Gasteiger partial charge in [-0.3, -0.25) is 10.1 Å². The van der Waals surface area contributed by atoms with Crippen LogP contribution in [-0.4, -0.2) is 29.6 Å². The highest BCUT2D eigenvalue weighted by Crippen LogP contribution is 2.33. The molecule has 1 heterocycles. The van der Waals surface area contributed by atoms with E-state index in [2.05, 4.69) is 5.32 Å². The molecule has 1 aliphatic heterocycles. The van der Waals surface area contributed by atoms with E-state index in [1.54, 1.807) is 32.0 Å². The van der Waals surface area contributed by atoms with Crippen molar-refractivity contribution in [2.24, 2.45) is 0 Å². The number of fused-ring (bicyclic) bond motifs is 1. The first-order valence-electron chi connectivity index (χ1n) is 10.9. The molecule has 3 aromatic carbocycles. The summed E-state index contributed by atoms with van der Waals surface area (Å²) < 4.78 is 25.8. The third kappa shape index (κ3) is 5.44. The number of halogens is 2.